The van der Waals surface area contributed by atoms with Crippen LogP contribution in [0.3, 0.4) is 0 Å². The Labute approximate surface area is 172 Å². The number of carbonyl (C=O) groups excluding carboxylic acids is 1. The van der Waals surface area contributed by atoms with Gasteiger partial charge in [-0.1, -0.05) is 12.1 Å². The Morgan fingerprint density at radius 3 is 2.67 bits per heavy atom. The van der Waals surface area contributed by atoms with Gasteiger partial charge in [0.15, 0.2) is 11.5 Å². The van der Waals surface area contributed by atoms with E-state index in [4.69, 9.17) is 9.47 Å². The molecule has 0 saturated carbocycles. The summed E-state index contributed by atoms with van der Waals surface area (Å²) < 4.78 is 11.8. The molecule has 3 aromatic rings. The van der Waals surface area contributed by atoms with E-state index in [1.807, 2.05) is 12.1 Å². The molecule has 1 heterocycles. The molecule has 0 bridgehead atoms. The van der Waals surface area contributed by atoms with Crippen molar-refractivity contribution in [2.24, 2.45) is 0 Å². The van der Waals surface area contributed by atoms with Crippen LogP contribution in [0.15, 0.2) is 46.0 Å². The van der Waals surface area contributed by atoms with Gasteiger partial charge in [0.05, 0.1) is 31.2 Å². The monoisotopic (exact) mass is 409 g/mol. The third-order valence-corrected chi connectivity index (χ3v) is 5.51. The van der Waals surface area contributed by atoms with E-state index in [0.29, 0.717) is 22.4 Å². The highest BCUT2D eigenvalue weighted by atomic mass is 16.5. The molecule has 1 aromatic heterocycles. The molecule has 1 atom stereocenters. The van der Waals surface area contributed by atoms with Crippen molar-refractivity contribution in [3.05, 3.63) is 68.4 Å². The van der Waals surface area contributed by atoms with Crippen LogP contribution in [-0.2, 0) is 17.8 Å². The lowest BCUT2D eigenvalue weighted by Crippen LogP contribution is -2.37. The van der Waals surface area contributed by atoms with E-state index < -0.39 is 11.2 Å². The number of amides is 1. The number of H-pyrrole nitrogens is 1. The van der Waals surface area contributed by atoms with Crippen LogP contribution < -0.4 is 26.0 Å². The Morgan fingerprint density at radius 1 is 1.17 bits per heavy atom. The normalized spacial score (nSPS) is 15.1. The van der Waals surface area contributed by atoms with Crippen LogP contribution in [0.1, 0.15) is 30.0 Å². The summed E-state index contributed by atoms with van der Waals surface area (Å²) in [6.07, 6.45) is 1.62. The van der Waals surface area contributed by atoms with E-state index in [1.54, 1.807) is 38.5 Å². The van der Waals surface area contributed by atoms with Crippen LogP contribution in [0.5, 0.6) is 11.5 Å². The van der Waals surface area contributed by atoms with Gasteiger partial charge in [-0.3, -0.25) is 14.2 Å². The van der Waals surface area contributed by atoms with Crippen molar-refractivity contribution in [1.29, 1.82) is 0 Å². The number of nitrogens with one attached hydrogen (secondary N) is 2. The summed E-state index contributed by atoms with van der Waals surface area (Å²) >= 11 is 0. The fraction of sp³-hybridized carbons (Fsp3) is 0.318. The van der Waals surface area contributed by atoms with Gasteiger partial charge >= 0.3 is 5.69 Å². The second-order valence-corrected chi connectivity index (χ2v) is 7.25. The topological polar surface area (TPSA) is 102 Å². The second-order valence-electron chi connectivity index (χ2n) is 7.25. The number of methoxy groups -OCH3 is 2. The van der Waals surface area contributed by atoms with Gasteiger partial charge < -0.3 is 19.8 Å². The molecule has 30 heavy (non-hydrogen) atoms. The summed E-state index contributed by atoms with van der Waals surface area (Å²) in [5.74, 6) is 1.06. The molecule has 1 aliphatic carbocycles. The summed E-state index contributed by atoms with van der Waals surface area (Å²) in [7, 11) is 3.17. The number of hydrogen-bond acceptors (Lipinski definition) is 5. The standard InChI is InChI=1S/C22H23N3O5/c1-29-18-11-13-7-8-17(15(13)12-19(18)30-2)23-20(26)9-10-25-21(27)14-5-3-4-6-16(14)24-22(25)28/h3-6,11-12,17H,7-10H2,1-2H3,(H,23,26)(H,24,28)/t17-/m0/s1. The van der Waals surface area contributed by atoms with Gasteiger partial charge in [0.2, 0.25) is 5.91 Å². The maximum absolute atomic E-state index is 12.6. The van der Waals surface area contributed by atoms with Crippen LogP contribution in [0.4, 0.5) is 0 Å². The van der Waals surface area contributed by atoms with Crippen molar-refractivity contribution in [3.63, 3.8) is 0 Å². The fourth-order valence-electron chi connectivity index (χ4n) is 3.96. The molecule has 8 nitrogen and oxygen atoms in total. The zero-order chi connectivity index (χ0) is 21.3. The molecule has 2 aromatic carbocycles. The second kappa shape index (κ2) is 8.06. The number of rotatable bonds is 6. The minimum atomic E-state index is -0.519. The van der Waals surface area contributed by atoms with Gasteiger partial charge in [0, 0.05) is 13.0 Å². The zero-order valence-electron chi connectivity index (χ0n) is 16.9. The maximum Gasteiger partial charge on any atom is 0.328 e. The predicted octanol–water partition coefficient (Wildman–Crippen LogP) is 1.90. The Morgan fingerprint density at radius 2 is 1.90 bits per heavy atom. The fourth-order valence-corrected chi connectivity index (χ4v) is 3.96. The molecule has 0 fully saturated rings. The average Bonchev–Trinajstić information content (AvgIpc) is 3.13. The lowest BCUT2D eigenvalue weighted by molar-refractivity contribution is -0.122. The molecule has 0 spiro atoms. The van der Waals surface area contributed by atoms with Crippen LogP contribution >= 0.6 is 0 Å². The predicted molar refractivity (Wildman–Crippen MR) is 112 cm³/mol. The summed E-state index contributed by atoms with van der Waals surface area (Å²) in [5, 5.41) is 3.43. The quantitative estimate of drug-likeness (QED) is 0.647. The van der Waals surface area contributed by atoms with Gasteiger partial charge in [-0.2, -0.15) is 0 Å². The molecule has 156 valence electrons. The zero-order valence-corrected chi connectivity index (χ0v) is 16.9. The first-order chi connectivity index (χ1) is 14.5. The molecule has 1 amide bonds. The summed E-state index contributed by atoms with van der Waals surface area (Å²) in [6.45, 7) is 0.0103. The number of para-hydroxylation sites is 1. The molecule has 1 aliphatic rings. The van der Waals surface area contributed by atoms with Crippen molar-refractivity contribution < 1.29 is 14.3 Å². The van der Waals surface area contributed by atoms with E-state index in [-0.39, 0.29) is 24.9 Å². The highest BCUT2D eigenvalue weighted by molar-refractivity contribution is 5.78. The molecule has 0 unspecified atom stereocenters. The lowest BCUT2D eigenvalue weighted by atomic mass is 10.1. The van der Waals surface area contributed by atoms with Gasteiger partial charge in [0.1, 0.15) is 0 Å². The molecule has 0 radical (unpaired) electrons. The summed E-state index contributed by atoms with van der Waals surface area (Å²) in [5.41, 5.74) is 1.68. The third kappa shape index (κ3) is 3.56. The molecular formula is C22H23N3O5. The van der Waals surface area contributed by atoms with Gasteiger partial charge in [0.25, 0.3) is 5.56 Å². The highest BCUT2D eigenvalue weighted by Crippen LogP contribution is 2.39. The number of benzene rings is 2. The van der Waals surface area contributed by atoms with Crippen molar-refractivity contribution in [1.82, 2.24) is 14.9 Å². The van der Waals surface area contributed by atoms with Crippen molar-refractivity contribution in [3.8, 4) is 11.5 Å². The van der Waals surface area contributed by atoms with E-state index >= 15 is 0 Å². The number of aromatic nitrogens is 2. The first-order valence-corrected chi connectivity index (χ1v) is 9.78. The number of carbonyl (C=O) groups is 1. The van der Waals surface area contributed by atoms with Gasteiger partial charge in [-0.15, -0.1) is 0 Å². The van der Waals surface area contributed by atoms with Crippen molar-refractivity contribution in [2.75, 3.05) is 14.2 Å². The maximum atomic E-state index is 12.6. The SMILES string of the molecule is COc1cc2c(cc1OC)[C@@H](NC(=O)CCn1c(=O)[nH]c3ccccc3c1=O)CC2. The number of aryl methyl sites for hydroxylation is 1. The lowest BCUT2D eigenvalue weighted by Gasteiger charge is -2.16. The first kappa shape index (κ1) is 19.8. The number of aromatic amines is 1. The smallest absolute Gasteiger partial charge is 0.328 e. The highest BCUT2D eigenvalue weighted by Gasteiger charge is 2.26. The molecule has 4 rings (SSSR count). The van der Waals surface area contributed by atoms with Crippen molar-refractivity contribution in [2.45, 2.75) is 31.8 Å². The number of ether oxygens (including phenoxy) is 2. The van der Waals surface area contributed by atoms with Crippen molar-refractivity contribution >= 4 is 16.8 Å². The molecule has 0 saturated heterocycles. The molecular weight excluding hydrogens is 386 g/mol. The minimum absolute atomic E-state index is 0.0103. The van der Waals surface area contributed by atoms with E-state index in [2.05, 4.69) is 10.3 Å². The minimum Gasteiger partial charge on any atom is -0.493 e. The summed E-state index contributed by atoms with van der Waals surface area (Å²) in [4.78, 5) is 40.1. The average molecular weight is 409 g/mol. The molecule has 8 heteroatoms. The Balaban J connectivity index is 1.48. The van der Waals surface area contributed by atoms with Crippen LogP contribution in [0.2, 0.25) is 0 Å². The van der Waals surface area contributed by atoms with Crippen LogP contribution in [-0.4, -0.2) is 29.7 Å². The summed E-state index contributed by atoms with van der Waals surface area (Å²) in [6, 6.07) is 10.5. The van der Waals surface area contributed by atoms with E-state index in [9.17, 15) is 14.4 Å². The van der Waals surface area contributed by atoms with Crippen LogP contribution in [0.25, 0.3) is 10.9 Å². The molecule has 2 N–H and O–H groups in total. The number of nitrogens with zero attached hydrogens (tertiary/aromatic N) is 1. The van der Waals surface area contributed by atoms with E-state index in [0.717, 1.165) is 28.5 Å². The first-order valence-electron chi connectivity index (χ1n) is 9.78. The Bertz CT molecular complexity index is 1230. The van der Waals surface area contributed by atoms with E-state index in [1.165, 1.54) is 0 Å². The van der Waals surface area contributed by atoms with Crippen LogP contribution in [0, 0.1) is 0 Å². The molecule has 0 aliphatic heterocycles. The third-order valence-electron chi connectivity index (χ3n) is 5.51. The largest absolute Gasteiger partial charge is 0.493 e. The Kier molecular flexibility index (Phi) is 5.31. The number of fused-ring (bicyclic) bond motifs is 2. The number of hydrogen-bond donors (Lipinski definition) is 2. The Hall–Kier alpha value is -3.55. The van der Waals surface area contributed by atoms with Gasteiger partial charge in [-0.05, 0) is 48.2 Å². The van der Waals surface area contributed by atoms with Gasteiger partial charge in [-0.25, -0.2) is 4.79 Å².